The summed E-state index contributed by atoms with van der Waals surface area (Å²) in [5.74, 6) is 0.765. The van der Waals surface area contributed by atoms with E-state index in [9.17, 15) is 5.11 Å². The van der Waals surface area contributed by atoms with Crippen LogP contribution in [-0.4, -0.2) is 16.6 Å². The molecule has 0 aliphatic rings. The molecule has 0 aliphatic carbocycles. The van der Waals surface area contributed by atoms with E-state index in [-0.39, 0.29) is 0 Å². The molecule has 1 heterocycles. The summed E-state index contributed by atoms with van der Waals surface area (Å²) in [6.07, 6.45) is 3.27. The number of hydrogen-bond acceptors (Lipinski definition) is 3. The molecule has 0 spiro atoms. The van der Waals surface area contributed by atoms with Gasteiger partial charge in [0.05, 0.1) is 6.10 Å². The summed E-state index contributed by atoms with van der Waals surface area (Å²) in [7, 11) is 0. The van der Waals surface area contributed by atoms with Gasteiger partial charge in [-0.05, 0) is 34.9 Å². The van der Waals surface area contributed by atoms with Crippen LogP contribution < -0.4 is 10.1 Å². The molecule has 0 aliphatic heterocycles. The third-order valence-corrected chi connectivity index (χ3v) is 3.82. The van der Waals surface area contributed by atoms with Gasteiger partial charge in [0.15, 0.2) is 0 Å². The monoisotopic (exact) mass is 322 g/mol. The summed E-state index contributed by atoms with van der Waals surface area (Å²) >= 11 is 0. The van der Waals surface area contributed by atoms with Gasteiger partial charge in [-0.1, -0.05) is 42.5 Å². The van der Waals surface area contributed by atoms with Crippen LogP contribution >= 0.6 is 0 Å². The predicted molar refractivity (Wildman–Crippen MR) is 94.7 cm³/mol. The number of aliphatic hydroxyl groups excluding tert-OH is 1. The molecule has 1 unspecified atom stereocenters. The van der Waals surface area contributed by atoms with Crippen molar-refractivity contribution in [1.29, 1.82) is 0 Å². The van der Waals surface area contributed by atoms with Gasteiger partial charge in [0.25, 0.3) is 0 Å². The van der Waals surface area contributed by atoms with Gasteiger partial charge in [-0.2, -0.15) is 0 Å². The van der Waals surface area contributed by atoms with Crippen LogP contribution in [0, 0.1) is 0 Å². The number of aromatic nitrogens is 1. The van der Waals surface area contributed by atoms with Crippen molar-refractivity contribution in [2.75, 3.05) is 6.54 Å². The average molecular weight is 322 g/mol. The Morgan fingerprint density at radius 3 is 2.67 bits per heavy atom. The maximum absolute atomic E-state index is 10.3. The number of hydrogen-bond donors (Lipinski definition) is 3. The zero-order valence-corrected chi connectivity index (χ0v) is 13.5. The molecule has 0 bridgehead atoms. The van der Waals surface area contributed by atoms with E-state index in [0.29, 0.717) is 13.2 Å². The Labute approximate surface area is 142 Å². The fourth-order valence-corrected chi connectivity index (χ4v) is 2.49. The second kappa shape index (κ2) is 8.34. The van der Waals surface area contributed by atoms with Crippen LogP contribution in [0.2, 0.25) is 0 Å². The van der Waals surface area contributed by atoms with Gasteiger partial charge < -0.3 is 20.1 Å². The Bertz CT molecular complexity index is 726. The topological polar surface area (TPSA) is 57.3 Å². The Hall–Kier alpha value is -2.56. The number of aliphatic hydroxyl groups is 1. The maximum Gasteiger partial charge on any atom is 0.120 e. The Balaban J connectivity index is 1.52. The summed E-state index contributed by atoms with van der Waals surface area (Å²) in [4.78, 5) is 3.02. The molecule has 1 atom stereocenters. The first-order valence-electron chi connectivity index (χ1n) is 8.08. The fraction of sp³-hybridized carbons (Fsp3) is 0.200. The zero-order chi connectivity index (χ0) is 16.6. The quantitative estimate of drug-likeness (QED) is 0.595. The Morgan fingerprint density at radius 1 is 1.00 bits per heavy atom. The van der Waals surface area contributed by atoms with Crippen molar-refractivity contribution >= 4 is 0 Å². The van der Waals surface area contributed by atoms with Crippen LogP contribution in [0.25, 0.3) is 0 Å². The molecule has 0 saturated carbocycles. The van der Waals surface area contributed by atoms with E-state index in [4.69, 9.17) is 4.74 Å². The minimum atomic E-state index is -0.566. The summed E-state index contributed by atoms with van der Waals surface area (Å²) in [5, 5.41) is 13.6. The second-order valence-corrected chi connectivity index (χ2v) is 5.71. The molecule has 1 aromatic heterocycles. The molecule has 0 radical (unpaired) electrons. The molecule has 124 valence electrons. The summed E-state index contributed by atoms with van der Waals surface area (Å²) in [6.45, 7) is 1.74. The highest BCUT2D eigenvalue weighted by atomic mass is 16.5. The van der Waals surface area contributed by atoms with Gasteiger partial charge in [-0.3, -0.25) is 0 Å². The van der Waals surface area contributed by atoms with Crippen LogP contribution in [-0.2, 0) is 13.2 Å². The smallest absolute Gasteiger partial charge is 0.120 e. The van der Waals surface area contributed by atoms with Crippen molar-refractivity contribution in [3.63, 3.8) is 0 Å². The first-order chi connectivity index (χ1) is 11.8. The molecule has 24 heavy (non-hydrogen) atoms. The van der Waals surface area contributed by atoms with Gasteiger partial charge in [-0.25, -0.2) is 0 Å². The molecule has 3 rings (SSSR count). The summed E-state index contributed by atoms with van der Waals surface area (Å²) in [5.41, 5.74) is 3.14. The molecule has 0 fully saturated rings. The highest BCUT2D eigenvalue weighted by Gasteiger charge is 2.08. The van der Waals surface area contributed by atoms with E-state index in [0.717, 1.165) is 23.4 Å². The molecule has 0 saturated heterocycles. The van der Waals surface area contributed by atoms with E-state index in [1.54, 1.807) is 0 Å². The van der Waals surface area contributed by atoms with E-state index in [2.05, 4.69) is 10.3 Å². The number of ether oxygens (including phenoxy) is 1. The van der Waals surface area contributed by atoms with Crippen molar-refractivity contribution in [2.24, 2.45) is 0 Å². The van der Waals surface area contributed by atoms with E-state index in [1.165, 1.54) is 5.56 Å². The Kier molecular flexibility index (Phi) is 5.66. The predicted octanol–water partition coefficient (Wildman–Crippen LogP) is 3.42. The molecule has 0 amide bonds. The number of benzene rings is 2. The SMILES string of the molecule is OC(CNCc1cc[nH]c1)c1cccc(OCc2ccccc2)c1. The van der Waals surface area contributed by atoms with Gasteiger partial charge >= 0.3 is 0 Å². The third kappa shape index (κ3) is 4.72. The van der Waals surface area contributed by atoms with Crippen molar-refractivity contribution < 1.29 is 9.84 Å². The molecular weight excluding hydrogens is 300 g/mol. The third-order valence-electron chi connectivity index (χ3n) is 3.82. The number of nitrogens with one attached hydrogen (secondary N) is 2. The number of H-pyrrole nitrogens is 1. The van der Waals surface area contributed by atoms with Crippen LogP contribution in [0.15, 0.2) is 73.1 Å². The number of rotatable bonds is 8. The molecule has 4 nitrogen and oxygen atoms in total. The highest BCUT2D eigenvalue weighted by Crippen LogP contribution is 2.20. The van der Waals surface area contributed by atoms with E-state index >= 15 is 0 Å². The van der Waals surface area contributed by atoms with Gasteiger partial charge in [0.1, 0.15) is 12.4 Å². The molecule has 4 heteroatoms. The van der Waals surface area contributed by atoms with Crippen LogP contribution in [0.3, 0.4) is 0 Å². The van der Waals surface area contributed by atoms with Crippen molar-refractivity contribution in [1.82, 2.24) is 10.3 Å². The lowest BCUT2D eigenvalue weighted by Gasteiger charge is -2.14. The van der Waals surface area contributed by atoms with Crippen LogP contribution in [0.4, 0.5) is 0 Å². The lowest BCUT2D eigenvalue weighted by Crippen LogP contribution is -2.20. The second-order valence-electron chi connectivity index (χ2n) is 5.71. The van der Waals surface area contributed by atoms with Crippen molar-refractivity contribution in [3.05, 3.63) is 89.7 Å². The minimum absolute atomic E-state index is 0.493. The van der Waals surface area contributed by atoms with Gasteiger partial charge in [-0.15, -0.1) is 0 Å². The van der Waals surface area contributed by atoms with Crippen LogP contribution in [0.5, 0.6) is 5.75 Å². The maximum atomic E-state index is 10.3. The van der Waals surface area contributed by atoms with Crippen molar-refractivity contribution in [3.8, 4) is 5.75 Å². The molecular formula is C20H22N2O2. The zero-order valence-electron chi connectivity index (χ0n) is 13.5. The highest BCUT2D eigenvalue weighted by molar-refractivity contribution is 5.30. The first-order valence-corrected chi connectivity index (χ1v) is 8.08. The Morgan fingerprint density at radius 2 is 1.88 bits per heavy atom. The molecule has 3 aromatic rings. The molecule has 3 N–H and O–H groups in total. The van der Waals surface area contributed by atoms with Gasteiger partial charge in [0.2, 0.25) is 0 Å². The van der Waals surface area contributed by atoms with Gasteiger partial charge in [0, 0.05) is 25.5 Å². The van der Waals surface area contributed by atoms with E-state index in [1.807, 2.05) is 73.1 Å². The normalized spacial score (nSPS) is 12.0. The lowest BCUT2D eigenvalue weighted by atomic mass is 10.1. The minimum Gasteiger partial charge on any atom is -0.489 e. The lowest BCUT2D eigenvalue weighted by molar-refractivity contribution is 0.173. The largest absolute Gasteiger partial charge is 0.489 e. The number of aromatic amines is 1. The standard InChI is InChI=1S/C20H22N2O2/c23-20(14-22-13-17-9-10-21-12-17)18-7-4-8-19(11-18)24-15-16-5-2-1-3-6-16/h1-12,20-23H,13-15H2. The van der Waals surface area contributed by atoms with E-state index < -0.39 is 6.10 Å². The summed E-state index contributed by atoms with van der Waals surface area (Å²) < 4.78 is 5.81. The average Bonchev–Trinajstić information content (AvgIpc) is 3.14. The van der Waals surface area contributed by atoms with Crippen molar-refractivity contribution in [2.45, 2.75) is 19.3 Å². The first kappa shape index (κ1) is 16.3. The van der Waals surface area contributed by atoms with Crippen LogP contribution in [0.1, 0.15) is 22.8 Å². The molecule has 2 aromatic carbocycles. The summed E-state index contributed by atoms with van der Waals surface area (Å²) in [6, 6.07) is 19.7. The fourth-order valence-electron chi connectivity index (χ4n) is 2.49.